The highest BCUT2D eigenvalue weighted by molar-refractivity contribution is 7.07. The minimum absolute atomic E-state index is 0.888. The van der Waals surface area contributed by atoms with Crippen LogP contribution in [0, 0.1) is 0 Å². The summed E-state index contributed by atoms with van der Waals surface area (Å²) in [4.78, 5) is 2.69. The number of unbranched alkanes of at least 4 members (excludes halogenated alkanes) is 2. The van der Waals surface area contributed by atoms with Gasteiger partial charge in [0.15, 0.2) is 0 Å². The van der Waals surface area contributed by atoms with Crippen LogP contribution in [0.3, 0.4) is 0 Å². The van der Waals surface area contributed by atoms with Crippen LogP contribution in [0.2, 0.25) is 0 Å². The summed E-state index contributed by atoms with van der Waals surface area (Å²) < 4.78 is 0. The van der Waals surface area contributed by atoms with Gasteiger partial charge in [0.2, 0.25) is 0 Å². The molecule has 1 aliphatic rings. The first kappa shape index (κ1) is 14.0. The molecular formula is C15H26N2S. The van der Waals surface area contributed by atoms with Gasteiger partial charge < -0.3 is 5.32 Å². The third-order valence-corrected chi connectivity index (χ3v) is 4.31. The van der Waals surface area contributed by atoms with Crippen LogP contribution in [0.15, 0.2) is 16.8 Å². The summed E-state index contributed by atoms with van der Waals surface area (Å²) >= 11 is 1.82. The van der Waals surface area contributed by atoms with E-state index in [-0.39, 0.29) is 0 Å². The molecule has 1 aliphatic carbocycles. The van der Waals surface area contributed by atoms with Crippen molar-refractivity contribution in [2.24, 2.45) is 0 Å². The summed E-state index contributed by atoms with van der Waals surface area (Å²) in [7, 11) is 0. The molecule has 1 aromatic rings. The van der Waals surface area contributed by atoms with Crippen molar-refractivity contribution in [3.63, 3.8) is 0 Å². The number of nitrogens with zero attached hydrogens (tertiary/aromatic N) is 1. The lowest BCUT2D eigenvalue weighted by molar-refractivity contribution is 0.249. The van der Waals surface area contributed by atoms with Crippen LogP contribution in [0.4, 0.5) is 0 Å². The minimum Gasteiger partial charge on any atom is -0.317 e. The van der Waals surface area contributed by atoms with Crippen molar-refractivity contribution in [1.82, 2.24) is 10.2 Å². The van der Waals surface area contributed by atoms with Crippen molar-refractivity contribution in [2.75, 3.05) is 19.6 Å². The predicted octanol–water partition coefficient (Wildman–Crippen LogP) is 3.49. The van der Waals surface area contributed by atoms with Gasteiger partial charge in [0.25, 0.3) is 0 Å². The van der Waals surface area contributed by atoms with Crippen molar-refractivity contribution in [2.45, 2.75) is 51.6 Å². The quantitative estimate of drug-likeness (QED) is 0.652. The molecule has 2 nitrogen and oxygen atoms in total. The van der Waals surface area contributed by atoms with Crippen molar-refractivity contribution in [3.8, 4) is 0 Å². The van der Waals surface area contributed by atoms with Crippen LogP contribution < -0.4 is 5.32 Å². The highest BCUT2D eigenvalue weighted by Gasteiger charge is 2.28. The Hall–Kier alpha value is -0.380. The SMILES string of the molecule is CCNCCCCCN(Cc1ccsc1)C1CC1. The van der Waals surface area contributed by atoms with E-state index < -0.39 is 0 Å². The average Bonchev–Trinajstić information content (AvgIpc) is 3.10. The Morgan fingerprint density at radius 2 is 2.22 bits per heavy atom. The van der Waals surface area contributed by atoms with Crippen LogP contribution in [-0.4, -0.2) is 30.6 Å². The third kappa shape index (κ3) is 5.09. The molecule has 0 atom stereocenters. The predicted molar refractivity (Wildman–Crippen MR) is 80.1 cm³/mol. The fraction of sp³-hybridized carbons (Fsp3) is 0.733. The number of hydrogen-bond donors (Lipinski definition) is 1. The van der Waals surface area contributed by atoms with E-state index in [1.807, 2.05) is 11.3 Å². The summed E-state index contributed by atoms with van der Waals surface area (Å²) in [6, 6.07) is 3.16. The number of thiophene rings is 1. The summed E-state index contributed by atoms with van der Waals surface area (Å²) in [5, 5.41) is 7.88. The van der Waals surface area contributed by atoms with Gasteiger partial charge in [0.05, 0.1) is 0 Å². The number of rotatable bonds is 10. The van der Waals surface area contributed by atoms with Crippen LogP contribution in [0.5, 0.6) is 0 Å². The maximum Gasteiger partial charge on any atom is 0.0244 e. The highest BCUT2D eigenvalue weighted by atomic mass is 32.1. The van der Waals surface area contributed by atoms with Crippen molar-refractivity contribution < 1.29 is 0 Å². The van der Waals surface area contributed by atoms with E-state index in [9.17, 15) is 0 Å². The Kier molecular flexibility index (Phi) is 6.18. The van der Waals surface area contributed by atoms with E-state index in [1.54, 1.807) is 0 Å². The second-order valence-electron chi connectivity index (χ2n) is 5.25. The summed E-state index contributed by atoms with van der Waals surface area (Å²) in [6.07, 6.45) is 6.87. The topological polar surface area (TPSA) is 15.3 Å². The average molecular weight is 266 g/mol. The zero-order valence-electron chi connectivity index (χ0n) is 11.5. The maximum absolute atomic E-state index is 3.40. The minimum atomic E-state index is 0.888. The molecule has 2 rings (SSSR count). The Bertz CT molecular complexity index is 306. The molecule has 0 amide bonds. The summed E-state index contributed by atoms with van der Waals surface area (Å²) in [5.41, 5.74) is 1.50. The van der Waals surface area contributed by atoms with Crippen molar-refractivity contribution in [1.29, 1.82) is 0 Å². The normalized spacial score (nSPS) is 15.4. The molecule has 0 unspecified atom stereocenters. The van der Waals surface area contributed by atoms with Crippen molar-refractivity contribution in [3.05, 3.63) is 22.4 Å². The molecule has 1 aromatic heterocycles. The third-order valence-electron chi connectivity index (χ3n) is 3.58. The number of nitrogens with one attached hydrogen (secondary N) is 1. The summed E-state index contributed by atoms with van der Waals surface area (Å²) in [5.74, 6) is 0. The second kappa shape index (κ2) is 7.93. The van der Waals surface area contributed by atoms with Gasteiger partial charge in [-0.25, -0.2) is 0 Å². The van der Waals surface area contributed by atoms with Gasteiger partial charge in [-0.05, 0) is 67.7 Å². The smallest absolute Gasteiger partial charge is 0.0244 e. The molecule has 102 valence electrons. The van der Waals surface area contributed by atoms with Gasteiger partial charge in [-0.1, -0.05) is 13.3 Å². The molecule has 1 fully saturated rings. The molecule has 0 aromatic carbocycles. The fourth-order valence-corrected chi connectivity index (χ4v) is 3.03. The Morgan fingerprint density at radius 1 is 1.33 bits per heavy atom. The lowest BCUT2D eigenvalue weighted by Crippen LogP contribution is -2.26. The van der Waals surface area contributed by atoms with Gasteiger partial charge >= 0.3 is 0 Å². The molecule has 0 saturated heterocycles. The van der Waals surface area contributed by atoms with E-state index in [1.165, 1.54) is 57.3 Å². The zero-order chi connectivity index (χ0) is 12.6. The molecule has 1 heterocycles. The van der Waals surface area contributed by atoms with E-state index in [0.29, 0.717) is 0 Å². The van der Waals surface area contributed by atoms with Gasteiger partial charge in [-0.15, -0.1) is 0 Å². The molecule has 3 heteroatoms. The van der Waals surface area contributed by atoms with Gasteiger partial charge in [0.1, 0.15) is 0 Å². The maximum atomic E-state index is 3.40. The van der Waals surface area contributed by atoms with Gasteiger partial charge in [-0.2, -0.15) is 11.3 Å². The lowest BCUT2D eigenvalue weighted by atomic mass is 10.2. The van der Waals surface area contributed by atoms with Crippen LogP contribution >= 0.6 is 11.3 Å². The van der Waals surface area contributed by atoms with E-state index in [0.717, 1.165) is 12.6 Å². The molecule has 18 heavy (non-hydrogen) atoms. The van der Waals surface area contributed by atoms with Crippen molar-refractivity contribution >= 4 is 11.3 Å². The molecule has 0 spiro atoms. The Morgan fingerprint density at radius 3 is 2.89 bits per heavy atom. The van der Waals surface area contributed by atoms with Crippen LogP contribution in [-0.2, 0) is 6.54 Å². The highest BCUT2D eigenvalue weighted by Crippen LogP contribution is 2.28. The lowest BCUT2D eigenvalue weighted by Gasteiger charge is -2.21. The van der Waals surface area contributed by atoms with Crippen LogP contribution in [0.1, 0.15) is 44.6 Å². The molecule has 1 saturated carbocycles. The summed E-state index contributed by atoms with van der Waals surface area (Å²) in [6.45, 7) is 6.92. The monoisotopic (exact) mass is 266 g/mol. The standard InChI is InChI=1S/C15H26N2S/c1-2-16-9-4-3-5-10-17(15-6-7-15)12-14-8-11-18-13-14/h8,11,13,15-16H,2-7,9-10,12H2,1H3. The largest absolute Gasteiger partial charge is 0.317 e. The van der Waals surface area contributed by atoms with Gasteiger partial charge in [0, 0.05) is 12.6 Å². The molecule has 0 aliphatic heterocycles. The Labute approximate surface area is 115 Å². The van der Waals surface area contributed by atoms with Gasteiger partial charge in [-0.3, -0.25) is 4.90 Å². The number of hydrogen-bond acceptors (Lipinski definition) is 3. The molecule has 0 radical (unpaired) electrons. The van der Waals surface area contributed by atoms with E-state index >= 15 is 0 Å². The molecule has 1 N–H and O–H groups in total. The zero-order valence-corrected chi connectivity index (χ0v) is 12.3. The van der Waals surface area contributed by atoms with Crippen LogP contribution in [0.25, 0.3) is 0 Å². The Balaban J connectivity index is 1.61. The van der Waals surface area contributed by atoms with E-state index in [2.05, 4.69) is 34.0 Å². The first-order valence-corrected chi connectivity index (χ1v) is 8.30. The fourth-order valence-electron chi connectivity index (χ4n) is 2.37. The second-order valence-corrected chi connectivity index (χ2v) is 6.03. The van der Waals surface area contributed by atoms with E-state index in [4.69, 9.17) is 0 Å². The molecular weight excluding hydrogens is 240 g/mol. The first-order valence-electron chi connectivity index (χ1n) is 7.36. The molecule has 0 bridgehead atoms. The first-order chi connectivity index (χ1) is 8.90.